The molecule has 0 unspecified atom stereocenters. The van der Waals surface area contributed by atoms with Crippen molar-refractivity contribution in [2.75, 3.05) is 0 Å². The average Bonchev–Trinajstić information content (AvgIpc) is 3.19. The van der Waals surface area contributed by atoms with Gasteiger partial charge >= 0.3 is 0 Å². The highest BCUT2D eigenvalue weighted by Gasteiger charge is 2.40. The van der Waals surface area contributed by atoms with Gasteiger partial charge in [-0.1, -0.05) is 48.5 Å². The van der Waals surface area contributed by atoms with Crippen molar-refractivity contribution >= 4 is 5.71 Å². The molecule has 4 nitrogen and oxygen atoms in total. The molecule has 0 amide bonds. The third-order valence-corrected chi connectivity index (χ3v) is 5.34. The molecule has 0 aliphatic carbocycles. The fourth-order valence-electron chi connectivity index (χ4n) is 4.04. The monoisotopic (exact) mass is 384 g/mol. The quantitative estimate of drug-likeness (QED) is 0.577. The second kappa shape index (κ2) is 7.28. The molecule has 0 saturated carbocycles. The van der Waals surface area contributed by atoms with E-state index in [4.69, 9.17) is 14.6 Å². The van der Waals surface area contributed by atoms with Gasteiger partial charge in [0.05, 0.1) is 17.9 Å². The highest BCUT2D eigenvalue weighted by Crippen LogP contribution is 2.47. The van der Waals surface area contributed by atoms with Crippen LogP contribution in [0.4, 0.5) is 0 Å². The second-order valence-electron chi connectivity index (χ2n) is 7.76. The maximum absolute atomic E-state index is 6.38. The summed E-state index contributed by atoms with van der Waals surface area (Å²) in [6, 6.07) is 27.0. The van der Waals surface area contributed by atoms with E-state index in [0.717, 1.165) is 34.8 Å². The largest absolute Gasteiger partial charge is 0.491 e. The van der Waals surface area contributed by atoms with Gasteiger partial charge in [-0.2, -0.15) is 5.10 Å². The summed E-state index contributed by atoms with van der Waals surface area (Å²) < 4.78 is 12.2. The Hall–Kier alpha value is -3.27. The van der Waals surface area contributed by atoms with Crippen LogP contribution in [0.5, 0.6) is 11.5 Å². The van der Waals surface area contributed by atoms with Crippen LogP contribution < -0.4 is 9.47 Å². The first kappa shape index (κ1) is 17.8. The fourth-order valence-corrected chi connectivity index (χ4v) is 4.04. The van der Waals surface area contributed by atoms with E-state index in [0.29, 0.717) is 0 Å². The first-order valence-corrected chi connectivity index (χ1v) is 10.1. The van der Waals surface area contributed by atoms with Crippen molar-refractivity contribution in [3.05, 3.63) is 95.6 Å². The van der Waals surface area contributed by atoms with Crippen LogP contribution >= 0.6 is 0 Å². The Morgan fingerprint density at radius 1 is 0.931 bits per heavy atom. The number of hydrogen-bond donors (Lipinski definition) is 0. The van der Waals surface area contributed by atoms with Crippen LogP contribution in [0.1, 0.15) is 49.2 Å². The van der Waals surface area contributed by atoms with Gasteiger partial charge < -0.3 is 9.47 Å². The first-order valence-electron chi connectivity index (χ1n) is 10.1. The Labute approximate surface area is 171 Å². The molecule has 2 heterocycles. The lowest BCUT2D eigenvalue weighted by atomic mass is 9.96. The maximum atomic E-state index is 6.38. The average molecular weight is 384 g/mol. The van der Waals surface area contributed by atoms with Crippen molar-refractivity contribution in [2.24, 2.45) is 5.10 Å². The van der Waals surface area contributed by atoms with Gasteiger partial charge in [-0.3, -0.25) is 0 Å². The van der Waals surface area contributed by atoms with Gasteiger partial charge in [-0.15, -0.1) is 0 Å². The molecular formula is C25H24N2O2. The predicted molar refractivity (Wildman–Crippen MR) is 114 cm³/mol. The van der Waals surface area contributed by atoms with Crippen LogP contribution in [-0.2, 0) is 0 Å². The van der Waals surface area contributed by atoms with Crippen LogP contribution in [0.2, 0.25) is 0 Å². The SMILES string of the molecule is CC(C)Oc1ccc(C2=NN3[C@@H](c4ccccc4)Oc4ccccc4[C@@H]3C2)cc1. The molecule has 146 valence electrons. The highest BCUT2D eigenvalue weighted by molar-refractivity contribution is 6.02. The number of fused-ring (bicyclic) bond motifs is 3. The molecule has 3 aromatic rings. The van der Waals surface area contributed by atoms with Crippen LogP contribution in [0.25, 0.3) is 0 Å². The minimum absolute atomic E-state index is 0.166. The fraction of sp³-hybridized carbons (Fsp3) is 0.240. The summed E-state index contributed by atoms with van der Waals surface area (Å²) in [5.74, 6) is 1.83. The minimum Gasteiger partial charge on any atom is -0.491 e. The van der Waals surface area contributed by atoms with E-state index in [2.05, 4.69) is 47.5 Å². The Morgan fingerprint density at radius 2 is 1.66 bits per heavy atom. The Balaban J connectivity index is 1.50. The normalized spacial score (nSPS) is 20.0. The zero-order valence-electron chi connectivity index (χ0n) is 16.7. The Kier molecular flexibility index (Phi) is 4.47. The van der Waals surface area contributed by atoms with Crippen molar-refractivity contribution in [3.63, 3.8) is 0 Å². The number of hydrazone groups is 1. The maximum Gasteiger partial charge on any atom is 0.213 e. The van der Waals surface area contributed by atoms with Gasteiger partial charge in [0.1, 0.15) is 11.5 Å². The van der Waals surface area contributed by atoms with E-state index in [1.54, 1.807) is 0 Å². The van der Waals surface area contributed by atoms with Crippen LogP contribution in [0, 0.1) is 0 Å². The molecule has 5 rings (SSSR count). The van der Waals surface area contributed by atoms with Crippen LogP contribution in [0.15, 0.2) is 84.0 Å². The molecule has 0 aromatic heterocycles. The van der Waals surface area contributed by atoms with Crippen molar-refractivity contribution in [1.29, 1.82) is 0 Å². The van der Waals surface area contributed by atoms with Crippen molar-refractivity contribution < 1.29 is 9.47 Å². The molecule has 2 atom stereocenters. The van der Waals surface area contributed by atoms with E-state index >= 15 is 0 Å². The molecule has 3 aromatic carbocycles. The summed E-state index contributed by atoms with van der Waals surface area (Å²) in [6.45, 7) is 4.07. The smallest absolute Gasteiger partial charge is 0.213 e. The lowest BCUT2D eigenvalue weighted by Crippen LogP contribution is -2.33. The summed E-state index contributed by atoms with van der Waals surface area (Å²) in [5, 5.41) is 7.13. The molecular weight excluding hydrogens is 360 g/mol. The lowest BCUT2D eigenvalue weighted by molar-refractivity contribution is -0.0190. The highest BCUT2D eigenvalue weighted by atomic mass is 16.5. The summed E-state index contributed by atoms with van der Waals surface area (Å²) in [7, 11) is 0. The molecule has 0 radical (unpaired) electrons. The molecule has 29 heavy (non-hydrogen) atoms. The Bertz CT molecular complexity index is 1030. The van der Waals surface area contributed by atoms with Crippen molar-refractivity contribution in [1.82, 2.24) is 5.01 Å². The van der Waals surface area contributed by atoms with E-state index in [1.807, 2.05) is 50.2 Å². The Morgan fingerprint density at radius 3 is 2.41 bits per heavy atom. The minimum atomic E-state index is -0.225. The van der Waals surface area contributed by atoms with Gasteiger partial charge in [-0.25, -0.2) is 5.01 Å². The van der Waals surface area contributed by atoms with E-state index in [9.17, 15) is 0 Å². The van der Waals surface area contributed by atoms with Gasteiger partial charge in [0, 0.05) is 17.5 Å². The number of benzene rings is 3. The third kappa shape index (κ3) is 3.35. The first-order chi connectivity index (χ1) is 14.2. The van der Waals surface area contributed by atoms with E-state index in [1.165, 1.54) is 5.56 Å². The molecule has 0 spiro atoms. The summed E-state index contributed by atoms with van der Waals surface area (Å²) in [4.78, 5) is 0. The summed E-state index contributed by atoms with van der Waals surface area (Å²) in [5.41, 5.74) is 4.50. The predicted octanol–water partition coefficient (Wildman–Crippen LogP) is 5.72. The van der Waals surface area contributed by atoms with Crippen molar-refractivity contribution in [3.8, 4) is 11.5 Å². The van der Waals surface area contributed by atoms with Crippen LogP contribution in [-0.4, -0.2) is 16.8 Å². The molecule has 0 bridgehead atoms. The molecule has 0 fully saturated rings. The summed E-state index contributed by atoms with van der Waals surface area (Å²) >= 11 is 0. The molecule has 2 aliphatic rings. The lowest BCUT2D eigenvalue weighted by Gasteiger charge is -2.38. The zero-order chi connectivity index (χ0) is 19.8. The molecule has 4 heteroatoms. The second-order valence-corrected chi connectivity index (χ2v) is 7.76. The molecule has 0 saturated heterocycles. The number of nitrogens with zero attached hydrogens (tertiary/aromatic N) is 2. The number of ether oxygens (including phenoxy) is 2. The van der Waals surface area contributed by atoms with E-state index < -0.39 is 0 Å². The number of rotatable bonds is 4. The summed E-state index contributed by atoms with van der Waals surface area (Å²) in [6.07, 6.45) is 0.796. The third-order valence-electron chi connectivity index (χ3n) is 5.34. The molecule has 2 aliphatic heterocycles. The number of para-hydroxylation sites is 1. The van der Waals surface area contributed by atoms with Gasteiger partial charge in [0.25, 0.3) is 0 Å². The standard InChI is InChI=1S/C25H24N2O2/c1-17(2)28-20-14-12-18(13-15-20)22-16-23-21-10-6-7-11-24(21)29-25(27(23)26-22)19-8-4-3-5-9-19/h3-15,17,23,25H,16H2,1-2H3/t23-,25+/m0/s1. The van der Waals surface area contributed by atoms with Crippen LogP contribution in [0.3, 0.4) is 0 Å². The topological polar surface area (TPSA) is 34.1 Å². The van der Waals surface area contributed by atoms with E-state index in [-0.39, 0.29) is 18.4 Å². The zero-order valence-corrected chi connectivity index (χ0v) is 16.7. The number of hydrogen-bond acceptors (Lipinski definition) is 4. The molecule has 0 N–H and O–H groups in total. The van der Waals surface area contributed by atoms with Gasteiger partial charge in [0.15, 0.2) is 0 Å². The van der Waals surface area contributed by atoms with Crippen molar-refractivity contribution in [2.45, 2.75) is 38.6 Å². The van der Waals surface area contributed by atoms with Gasteiger partial charge in [-0.05, 0) is 49.7 Å². The van der Waals surface area contributed by atoms with Gasteiger partial charge in [0.2, 0.25) is 6.23 Å².